The second-order valence-electron chi connectivity index (χ2n) is 8.22. The van der Waals surface area contributed by atoms with Gasteiger partial charge < -0.3 is 15.7 Å². The fourth-order valence-corrected chi connectivity index (χ4v) is 4.64. The van der Waals surface area contributed by atoms with E-state index in [0.29, 0.717) is 39.4 Å². The van der Waals surface area contributed by atoms with Crippen LogP contribution in [0.5, 0.6) is 0 Å². The van der Waals surface area contributed by atoms with Crippen molar-refractivity contribution in [3.63, 3.8) is 0 Å². The van der Waals surface area contributed by atoms with E-state index in [0.717, 1.165) is 43.9 Å². The molecule has 9 heteroatoms. The van der Waals surface area contributed by atoms with Gasteiger partial charge in [-0.3, -0.25) is 0 Å². The van der Waals surface area contributed by atoms with E-state index in [4.69, 9.17) is 38.9 Å². The first-order valence-corrected chi connectivity index (χ1v) is 11.4. The van der Waals surface area contributed by atoms with Gasteiger partial charge in [0.05, 0.1) is 28.0 Å². The van der Waals surface area contributed by atoms with E-state index in [2.05, 4.69) is 14.9 Å². The van der Waals surface area contributed by atoms with Gasteiger partial charge in [0.15, 0.2) is 5.82 Å². The maximum absolute atomic E-state index is 10.1. The van der Waals surface area contributed by atoms with E-state index in [1.54, 1.807) is 18.5 Å². The van der Waals surface area contributed by atoms with Gasteiger partial charge in [-0.2, -0.15) is 0 Å². The molecule has 1 fully saturated rings. The lowest BCUT2D eigenvalue weighted by atomic mass is 9.75. The molecule has 0 unspecified atom stereocenters. The Balaban J connectivity index is 1.58. The molecule has 0 spiro atoms. The number of nitrogens with zero attached hydrogens (tertiary/aromatic N) is 5. The van der Waals surface area contributed by atoms with Gasteiger partial charge in [0, 0.05) is 37.5 Å². The van der Waals surface area contributed by atoms with E-state index in [1.165, 1.54) is 0 Å². The van der Waals surface area contributed by atoms with E-state index < -0.39 is 0 Å². The summed E-state index contributed by atoms with van der Waals surface area (Å²) in [5.41, 5.74) is 8.73. The van der Waals surface area contributed by atoms with Crippen LogP contribution in [0.25, 0.3) is 11.3 Å². The molecule has 0 bridgehead atoms. The molecule has 1 aliphatic rings. The largest absolute Gasteiger partial charge is 0.390 e. The Morgan fingerprint density at radius 3 is 2.47 bits per heavy atom. The highest BCUT2D eigenvalue weighted by Crippen LogP contribution is 2.38. The average molecular weight is 473 g/mol. The Bertz CT molecular complexity index is 1090. The lowest BCUT2D eigenvalue weighted by Crippen LogP contribution is -2.46. The molecule has 1 aromatic carbocycles. The zero-order valence-corrected chi connectivity index (χ0v) is 19.4. The second-order valence-corrected chi connectivity index (χ2v) is 9.01. The minimum atomic E-state index is -0.218. The number of aryl methyl sites for hydroxylation is 1. The Hall–Kier alpha value is -2.32. The Morgan fingerprint density at radius 1 is 1.09 bits per heavy atom. The average Bonchev–Trinajstić information content (AvgIpc) is 2.82. The number of hydrogen-bond acceptors (Lipinski definition) is 7. The van der Waals surface area contributed by atoms with Crippen molar-refractivity contribution in [1.82, 2.24) is 19.9 Å². The Kier molecular flexibility index (Phi) is 6.90. The number of anilines is 1. The minimum absolute atomic E-state index is 0.0477. The highest BCUT2D eigenvalue weighted by molar-refractivity contribution is 6.43. The molecule has 7 nitrogen and oxygen atoms in total. The molecule has 32 heavy (non-hydrogen) atoms. The monoisotopic (exact) mass is 472 g/mol. The van der Waals surface area contributed by atoms with Crippen LogP contribution in [0.15, 0.2) is 36.7 Å². The van der Waals surface area contributed by atoms with Crippen LogP contribution in [0.4, 0.5) is 5.82 Å². The van der Waals surface area contributed by atoms with Crippen LogP contribution in [0.2, 0.25) is 10.0 Å². The first-order chi connectivity index (χ1) is 15.5. The van der Waals surface area contributed by atoms with E-state index in [-0.39, 0.29) is 12.0 Å². The maximum Gasteiger partial charge on any atom is 0.153 e. The fourth-order valence-electron chi connectivity index (χ4n) is 4.25. The van der Waals surface area contributed by atoms with Crippen LogP contribution in [-0.4, -0.2) is 44.7 Å². The molecule has 2 aromatic heterocycles. The van der Waals surface area contributed by atoms with Gasteiger partial charge in [0.25, 0.3) is 0 Å². The van der Waals surface area contributed by atoms with E-state index >= 15 is 0 Å². The molecular weight excluding hydrogens is 447 g/mol. The summed E-state index contributed by atoms with van der Waals surface area (Å²) < 4.78 is 0. The number of hydrogen-bond donors (Lipinski definition) is 2. The molecular formula is C23H26Cl2N6O. The van der Waals surface area contributed by atoms with Crippen LogP contribution < -0.4 is 10.6 Å². The topological polar surface area (TPSA) is 101 Å². The van der Waals surface area contributed by atoms with Crippen LogP contribution in [0, 0.1) is 12.3 Å². The Labute approximate surface area is 197 Å². The third-order valence-electron chi connectivity index (χ3n) is 6.19. The number of benzene rings is 1. The van der Waals surface area contributed by atoms with Crippen molar-refractivity contribution in [2.45, 2.75) is 32.8 Å². The first-order valence-electron chi connectivity index (χ1n) is 10.6. The van der Waals surface area contributed by atoms with E-state index in [1.807, 2.05) is 25.1 Å². The van der Waals surface area contributed by atoms with Gasteiger partial charge in [-0.15, -0.1) is 0 Å². The number of aliphatic hydroxyl groups is 1. The summed E-state index contributed by atoms with van der Waals surface area (Å²) in [6.07, 6.45) is 6.05. The quantitative estimate of drug-likeness (QED) is 0.561. The predicted molar refractivity (Wildman–Crippen MR) is 127 cm³/mol. The summed E-state index contributed by atoms with van der Waals surface area (Å²) in [6, 6.07) is 7.23. The third-order valence-corrected chi connectivity index (χ3v) is 7.01. The van der Waals surface area contributed by atoms with Crippen molar-refractivity contribution < 1.29 is 5.11 Å². The van der Waals surface area contributed by atoms with Crippen molar-refractivity contribution in [3.8, 4) is 11.3 Å². The smallest absolute Gasteiger partial charge is 0.153 e. The van der Waals surface area contributed by atoms with Crippen molar-refractivity contribution in [1.29, 1.82) is 0 Å². The van der Waals surface area contributed by atoms with Crippen molar-refractivity contribution in [2.75, 3.05) is 24.5 Å². The highest BCUT2D eigenvalue weighted by atomic mass is 35.5. The predicted octanol–water partition coefficient (Wildman–Crippen LogP) is 3.83. The molecule has 168 valence electrons. The molecule has 3 aromatic rings. The summed E-state index contributed by atoms with van der Waals surface area (Å²) >= 11 is 12.6. The van der Waals surface area contributed by atoms with Gasteiger partial charge >= 0.3 is 0 Å². The summed E-state index contributed by atoms with van der Waals surface area (Å²) in [6.45, 7) is 3.78. The molecule has 3 N–H and O–H groups in total. The lowest BCUT2D eigenvalue weighted by Gasteiger charge is -2.41. The molecule has 0 atom stereocenters. The lowest BCUT2D eigenvalue weighted by molar-refractivity contribution is 0.220. The van der Waals surface area contributed by atoms with Gasteiger partial charge in [-0.25, -0.2) is 19.9 Å². The number of aliphatic hydroxyl groups excluding tert-OH is 1. The summed E-state index contributed by atoms with van der Waals surface area (Å²) in [4.78, 5) is 20.5. The van der Waals surface area contributed by atoms with Gasteiger partial charge in [-0.05, 0) is 43.9 Å². The molecule has 3 heterocycles. The summed E-state index contributed by atoms with van der Waals surface area (Å²) in [5.74, 6) is 1.52. The van der Waals surface area contributed by atoms with Crippen LogP contribution in [0.1, 0.15) is 30.1 Å². The molecule has 0 radical (unpaired) electrons. The number of piperidine rings is 1. The SMILES string of the molecule is Cc1nc(N2CCC(CN)(Cc3ncccn3)CC2)c(CO)nc1-c1cccc(Cl)c1Cl. The fraction of sp³-hybridized carbons (Fsp3) is 0.391. The Morgan fingerprint density at radius 2 is 1.81 bits per heavy atom. The van der Waals surface area contributed by atoms with Crippen LogP contribution >= 0.6 is 23.2 Å². The van der Waals surface area contributed by atoms with Crippen LogP contribution in [0.3, 0.4) is 0 Å². The third kappa shape index (κ3) is 4.57. The van der Waals surface area contributed by atoms with Gasteiger partial charge in [0.1, 0.15) is 11.5 Å². The second kappa shape index (κ2) is 9.67. The van der Waals surface area contributed by atoms with Crippen LogP contribution in [-0.2, 0) is 13.0 Å². The summed E-state index contributed by atoms with van der Waals surface area (Å²) in [7, 11) is 0. The number of nitrogens with two attached hydrogens (primary N) is 1. The normalized spacial score (nSPS) is 15.7. The molecule has 0 aliphatic carbocycles. The number of aromatic nitrogens is 4. The highest BCUT2D eigenvalue weighted by Gasteiger charge is 2.35. The molecule has 0 amide bonds. The molecule has 1 aliphatic heterocycles. The number of halogens is 2. The van der Waals surface area contributed by atoms with Crippen molar-refractivity contribution in [2.24, 2.45) is 11.1 Å². The summed E-state index contributed by atoms with van der Waals surface area (Å²) in [5, 5.41) is 10.9. The van der Waals surface area contributed by atoms with Crippen molar-refractivity contribution in [3.05, 3.63) is 63.9 Å². The zero-order chi connectivity index (χ0) is 22.7. The number of rotatable bonds is 6. The van der Waals surface area contributed by atoms with Gasteiger partial charge in [0.2, 0.25) is 0 Å². The molecule has 0 saturated carbocycles. The van der Waals surface area contributed by atoms with Crippen molar-refractivity contribution >= 4 is 29.0 Å². The first kappa shape index (κ1) is 22.9. The standard InChI is InChI=1S/C23H26Cl2N6O/c1-15-21(16-4-2-5-17(24)20(16)25)30-18(13-32)22(29-15)31-10-6-23(14-26,7-11-31)12-19-27-8-3-9-28-19/h2-5,8-9,32H,6-7,10-14,26H2,1H3. The van der Waals surface area contributed by atoms with Gasteiger partial charge in [-0.1, -0.05) is 35.3 Å². The zero-order valence-electron chi connectivity index (χ0n) is 17.9. The van der Waals surface area contributed by atoms with E-state index in [9.17, 15) is 5.11 Å². The molecule has 1 saturated heterocycles. The minimum Gasteiger partial charge on any atom is -0.390 e. The maximum atomic E-state index is 10.1. The molecule has 4 rings (SSSR count).